The number of halogens is 1. The van der Waals surface area contributed by atoms with E-state index in [1.54, 1.807) is 36.1 Å². The van der Waals surface area contributed by atoms with E-state index in [0.29, 0.717) is 37.9 Å². The lowest BCUT2D eigenvalue weighted by Crippen LogP contribution is -2.64. The molecule has 2 heterocycles. The summed E-state index contributed by atoms with van der Waals surface area (Å²) in [6.45, 7) is 3.93. The Hall–Kier alpha value is -1.72. The average Bonchev–Trinajstić information content (AvgIpc) is 3.14. The van der Waals surface area contributed by atoms with Gasteiger partial charge in [0.25, 0.3) is 0 Å². The van der Waals surface area contributed by atoms with Crippen molar-refractivity contribution in [1.82, 2.24) is 14.9 Å². The van der Waals surface area contributed by atoms with Crippen molar-refractivity contribution in [3.05, 3.63) is 34.9 Å². The van der Waals surface area contributed by atoms with Crippen molar-refractivity contribution >= 4 is 33.4 Å². The van der Waals surface area contributed by atoms with Gasteiger partial charge in [0.2, 0.25) is 21.8 Å². The Morgan fingerprint density at radius 2 is 2.00 bits per heavy atom. The molecule has 1 aromatic carbocycles. The van der Waals surface area contributed by atoms with Crippen LogP contribution in [-0.2, 0) is 35.5 Å². The zero-order valence-corrected chi connectivity index (χ0v) is 19.7. The molecule has 32 heavy (non-hydrogen) atoms. The topological polar surface area (TPSA) is 114 Å². The van der Waals surface area contributed by atoms with Gasteiger partial charge in [-0.2, -0.15) is 4.72 Å². The molecule has 2 N–H and O–H groups in total. The molecule has 178 valence electrons. The molecule has 3 rings (SSSR count). The summed E-state index contributed by atoms with van der Waals surface area (Å²) in [5, 5.41) is 3.26. The Labute approximate surface area is 193 Å². The largest absolute Gasteiger partial charge is 0.381 e. The Morgan fingerprint density at radius 1 is 1.31 bits per heavy atom. The quantitative estimate of drug-likeness (QED) is 0.499. The number of hydrogen-bond donors (Lipinski definition) is 2. The van der Waals surface area contributed by atoms with Crippen molar-refractivity contribution in [3.63, 3.8) is 0 Å². The zero-order valence-electron chi connectivity index (χ0n) is 18.1. The van der Waals surface area contributed by atoms with Crippen molar-refractivity contribution in [2.75, 3.05) is 51.8 Å². The van der Waals surface area contributed by atoms with Gasteiger partial charge in [-0.15, -0.1) is 0 Å². The van der Waals surface area contributed by atoms with E-state index in [1.165, 1.54) is 0 Å². The lowest BCUT2D eigenvalue weighted by molar-refractivity contribution is -0.148. The van der Waals surface area contributed by atoms with Crippen LogP contribution in [0.1, 0.15) is 18.9 Å². The van der Waals surface area contributed by atoms with Crippen LogP contribution in [0.25, 0.3) is 0 Å². The van der Waals surface area contributed by atoms with Crippen LogP contribution in [0.15, 0.2) is 24.3 Å². The molecule has 2 aliphatic heterocycles. The van der Waals surface area contributed by atoms with Crippen molar-refractivity contribution in [2.45, 2.75) is 25.3 Å². The van der Waals surface area contributed by atoms with Crippen molar-refractivity contribution < 1.29 is 27.5 Å². The molecule has 11 heteroatoms. The second-order valence-electron chi connectivity index (χ2n) is 7.92. The Balaban J connectivity index is 1.82. The number of nitrogens with zero attached hydrogens (tertiary/aromatic N) is 1. The minimum atomic E-state index is -3.89. The summed E-state index contributed by atoms with van der Waals surface area (Å²) < 4.78 is 39.6. The first kappa shape index (κ1) is 24.9. The molecule has 0 aliphatic carbocycles. The molecule has 0 radical (unpaired) electrons. The van der Waals surface area contributed by atoms with Gasteiger partial charge < -0.3 is 19.7 Å². The van der Waals surface area contributed by atoms with Crippen LogP contribution in [0.5, 0.6) is 0 Å². The first-order valence-corrected chi connectivity index (χ1v) is 12.8. The summed E-state index contributed by atoms with van der Waals surface area (Å²) in [6, 6.07) is 6.91. The SMILES string of the molecule is CCOC[C@@H](C(=O)N1CCOCC1)[C@@]1(NS(=O)(=O)CCc2ccc(Cl)cc2)CCNC1=O. The molecule has 0 spiro atoms. The highest BCUT2D eigenvalue weighted by atomic mass is 35.5. The van der Waals surface area contributed by atoms with E-state index in [4.69, 9.17) is 21.1 Å². The van der Waals surface area contributed by atoms with Gasteiger partial charge in [-0.25, -0.2) is 8.42 Å². The molecule has 2 amide bonds. The maximum atomic E-state index is 13.4. The predicted octanol–water partition coefficient (Wildman–Crippen LogP) is 0.572. The first-order valence-electron chi connectivity index (χ1n) is 10.8. The third kappa shape index (κ3) is 5.99. The first-order chi connectivity index (χ1) is 15.3. The van der Waals surface area contributed by atoms with E-state index in [2.05, 4.69) is 10.0 Å². The zero-order chi connectivity index (χ0) is 23.2. The Bertz CT molecular complexity index is 905. The van der Waals surface area contributed by atoms with Gasteiger partial charge in [0.1, 0.15) is 5.54 Å². The summed E-state index contributed by atoms with van der Waals surface area (Å²) in [4.78, 5) is 28.0. The minimum absolute atomic E-state index is 0.0557. The average molecular weight is 488 g/mol. The van der Waals surface area contributed by atoms with Gasteiger partial charge in [0.15, 0.2) is 0 Å². The number of sulfonamides is 1. The van der Waals surface area contributed by atoms with Crippen LogP contribution in [-0.4, -0.2) is 82.5 Å². The third-order valence-corrected chi connectivity index (χ3v) is 7.49. The summed E-state index contributed by atoms with van der Waals surface area (Å²) in [5.74, 6) is -2.01. The minimum Gasteiger partial charge on any atom is -0.381 e. The van der Waals surface area contributed by atoms with Crippen LogP contribution >= 0.6 is 11.6 Å². The van der Waals surface area contributed by atoms with E-state index in [1.807, 2.05) is 0 Å². The molecule has 2 atom stereocenters. The van der Waals surface area contributed by atoms with Crippen LogP contribution < -0.4 is 10.0 Å². The molecule has 2 fully saturated rings. The van der Waals surface area contributed by atoms with Crippen LogP contribution in [0, 0.1) is 5.92 Å². The molecule has 0 aromatic heterocycles. The number of amides is 2. The van der Waals surface area contributed by atoms with E-state index in [0.717, 1.165) is 5.56 Å². The van der Waals surface area contributed by atoms with Crippen LogP contribution in [0.2, 0.25) is 5.02 Å². The van der Waals surface area contributed by atoms with Crippen LogP contribution in [0.3, 0.4) is 0 Å². The summed E-state index contributed by atoms with van der Waals surface area (Å²) >= 11 is 5.89. The number of hydrogen-bond acceptors (Lipinski definition) is 6. The van der Waals surface area contributed by atoms with E-state index >= 15 is 0 Å². The monoisotopic (exact) mass is 487 g/mol. The Kier molecular flexibility index (Phi) is 8.51. The van der Waals surface area contributed by atoms with E-state index < -0.39 is 27.4 Å². The normalized spacial score (nSPS) is 22.6. The maximum Gasteiger partial charge on any atom is 0.242 e. The molecule has 1 aromatic rings. The van der Waals surface area contributed by atoms with E-state index in [9.17, 15) is 18.0 Å². The second kappa shape index (κ2) is 10.9. The van der Waals surface area contributed by atoms with Gasteiger partial charge in [-0.3, -0.25) is 9.59 Å². The van der Waals surface area contributed by atoms with Crippen molar-refractivity contribution in [2.24, 2.45) is 5.92 Å². The highest BCUT2D eigenvalue weighted by Gasteiger charge is 2.54. The second-order valence-corrected chi connectivity index (χ2v) is 10.2. The molecular weight excluding hydrogens is 458 g/mol. The number of morpholine rings is 1. The Morgan fingerprint density at radius 3 is 2.59 bits per heavy atom. The highest BCUT2D eigenvalue weighted by molar-refractivity contribution is 7.89. The van der Waals surface area contributed by atoms with Gasteiger partial charge >= 0.3 is 0 Å². The van der Waals surface area contributed by atoms with Crippen molar-refractivity contribution in [1.29, 1.82) is 0 Å². The van der Waals surface area contributed by atoms with Gasteiger partial charge in [-0.1, -0.05) is 23.7 Å². The molecule has 0 saturated carbocycles. The summed E-state index contributed by atoms with van der Waals surface area (Å²) in [7, 11) is -3.89. The molecule has 0 unspecified atom stereocenters. The smallest absolute Gasteiger partial charge is 0.242 e. The molecule has 2 aliphatic rings. The number of ether oxygens (including phenoxy) is 2. The van der Waals surface area contributed by atoms with Crippen LogP contribution in [0.4, 0.5) is 0 Å². The van der Waals surface area contributed by atoms with E-state index in [-0.39, 0.29) is 37.7 Å². The third-order valence-electron chi connectivity index (χ3n) is 5.82. The highest BCUT2D eigenvalue weighted by Crippen LogP contribution is 2.30. The van der Waals surface area contributed by atoms with Gasteiger partial charge in [0.05, 0.1) is 31.5 Å². The number of nitrogens with one attached hydrogen (secondary N) is 2. The van der Waals surface area contributed by atoms with Crippen molar-refractivity contribution in [3.8, 4) is 0 Å². The van der Waals surface area contributed by atoms with Gasteiger partial charge in [-0.05, 0) is 37.5 Å². The fraction of sp³-hybridized carbons (Fsp3) is 0.619. The number of carbonyl (C=O) groups excluding carboxylic acids is 2. The fourth-order valence-corrected chi connectivity index (χ4v) is 5.67. The molecular formula is C21H30ClN3O6S. The fourth-order valence-electron chi connectivity index (χ4n) is 4.04. The number of rotatable bonds is 10. The molecule has 0 bridgehead atoms. The summed E-state index contributed by atoms with van der Waals surface area (Å²) in [5.41, 5.74) is -0.788. The predicted molar refractivity (Wildman–Crippen MR) is 120 cm³/mol. The van der Waals surface area contributed by atoms with Gasteiger partial charge in [0, 0.05) is 31.3 Å². The summed E-state index contributed by atoms with van der Waals surface area (Å²) in [6.07, 6.45) is 0.414. The molecule has 2 saturated heterocycles. The maximum absolute atomic E-state index is 13.4. The standard InChI is InChI=1S/C21H30ClN3O6S/c1-2-30-15-18(19(26)25-10-12-31-13-11-25)21(8-9-23-20(21)27)24-32(28,29)14-7-16-3-5-17(22)6-4-16/h3-6,18,24H,2,7-15H2,1H3,(H,23,27)/t18-,21-/m0/s1. The number of benzene rings is 1. The lowest BCUT2D eigenvalue weighted by Gasteiger charge is -2.38. The number of aryl methyl sites for hydroxylation is 1. The number of carbonyl (C=O) groups is 2. The molecule has 9 nitrogen and oxygen atoms in total. The lowest BCUT2D eigenvalue weighted by atomic mass is 9.82.